The second-order valence-corrected chi connectivity index (χ2v) is 4.18. The smallest absolute Gasteiger partial charge is 0.311 e. The number of para-hydroxylation sites is 2. The average Bonchev–Trinajstić information content (AvgIpc) is 2.36. The summed E-state index contributed by atoms with van der Waals surface area (Å²) < 4.78 is 5.39. The van der Waals surface area contributed by atoms with Gasteiger partial charge in [-0.2, -0.15) is 0 Å². The van der Waals surface area contributed by atoms with Gasteiger partial charge in [-0.1, -0.05) is 23.7 Å². The first-order chi connectivity index (χ1) is 8.99. The van der Waals surface area contributed by atoms with Crippen molar-refractivity contribution in [3.8, 4) is 11.6 Å². The molecule has 7 heteroatoms. The van der Waals surface area contributed by atoms with Crippen molar-refractivity contribution in [3.05, 3.63) is 50.9 Å². The highest BCUT2D eigenvalue weighted by atomic mass is 35.5. The number of hydrogen-bond donors (Lipinski definition) is 0. The Labute approximate surface area is 114 Å². The molecule has 19 heavy (non-hydrogen) atoms. The van der Waals surface area contributed by atoms with E-state index in [-0.39, 0.29) is 22.5 Å². The monoisotopic (exact) mass is 279 g/mol. The molecule has 98 valence electrons. The van der Waals surface area contributed by atoms with Crippen molar-refractivity contribution in [3.63, 3.8) is 0 Å². The van der Waals surface area contributed by atoms with E-state index in [9.17, 15) is 10.1 Å². The second-order valence-electron chi connectivity index (χ2n) is 3.82. The van der Waals surface area contributed by atoms with Crippen LogP contribution >= 0.6 is 11.6 Å². The molecule has 1 heterocycles. The van der Waals surface area contributed by atoms with Gasteiger partial charge in [-0.3, -0.25) is 10.1 Å². The van der Waals surface area contributed by atoms with Crippen LogP contribution in [-0.4, -0.2) is 14.9 Å². The van der Waals surface area contributed by atoms with Gasteiger partial charge < -0.3 is 4.74 Å². The number of halogens is 1. The Hall–Kier alpha value is -2.21. The fourth-order valence-corrected chi connectivity index (χ4v) is 1.63. The molecule has 0 saturated carbocycles. The number of benzene rings is 1. The summed E-state index contributed by atoms with van der Waals surface area (Å²) in [6.07, 6.45) is 0. The number of nitrogens with zero attached hydrogens (tertiary/aromatic N) is 3. The van der Waals surface area contributed by atoms with E-state index in [2.05, 4.69) is 9.97 Å². The highest BCUT2D eigenvalue weighted by Crippen LogP contribution is 2.32. The van der Waals surface area contributed by atoms with E-state index in [0.717, 1.165) is 0 Å². The van der Waals surface area contributed by atoms with Crippen molar-refractivity contribution in [1.82, 2.24) is 9.97 Å². The van der Waals surface area contributed by atoms with E-state index in [1.54, 1.807) is 26.0 Å². The number of aryl methyl sites for hydroxylation is 2. The van der Waals surface area contributed by atoms with Crippen LogP contribution in [0, 0.1) is 24.0 Å². The third-order valence-corrected chi connectivity index (χ3v) is 2.75. The summed E-state index contributed by atoms with van der Waals surface area (Å²) in [6, 6.07) is 6.01. The summed E-state index contributed by atoms with van der Waals surface area (Å²) in [6.45, 7) is 3.52. The van der Waals surface area contributed by atoms with Gasteiger partial charge in [0.25, 0.3) is 5.88 Å². The van der Waals surface area contributed by atoms with Gasteiger partial charge in [-0.05, 0) is 19.9 Å². The van der Waals surface area contributed by atoms with Gasteiger partial charge in [0.2, 0.25) is 5.75 Å². The fraction of sp³-hybridized carbons (Fsp3) is 0.167. The van der Waals surface area contributed by atoms with Gasteiger partial charge in [0, 0.05) is 6.07 Å². The maximum Gasteiger partial charge on any atom is 0.311 e. The Morgan fingerprint density at radius 1 is 1.21 bits per heavy atom. The fourth-order valence-electron chi connectivity index (χ4n) is 1.42. The highest BCUT2D eigenvalue weighted by Gasteiger charge is 2.17. The van der Waals surface area contributed by atoms with E-state index in [1.807, 2.05) is 0 Å². The number of nitro groups is 1. The molecule has 0 saturated heterocycles. The zero-order valence-electron chi connectivity index (χ0n) is 10.3. The lowest BCUT2D eigenvalue weighted by Crippen LogP contribution is -1.99. The molecule has 0 atom stereocenters. The SMILES string of the molecule is Cc1nc(Cl)c(Oc2ccccc2[N+](=O)[O-])nc1C. The lowest BCUT2D eigenvalue weighted by molar-refractivity contribution is -0.385. The molecule has 0 aliphatic rings. The van der Waals surface area contributed by atoms with Gasteiger partial charge >= 0.3 is 5.69 Å². The summed E-state index contributed by atoms with van der Waals surface area (Å²) in [5.74, 6) is 0.131. The van der Waals surface area contributed by atoms with Crippen molar-refractivity contribution >= 4 is 17.3 Å². The molecule has 0 aliphatic carbocycles. The minimum absolute atomic E-state index is 0.0547. The molecule has 0 unspecified atom stereocenters. The molecule has 0 N–H and O–H groups in total. The van der Waals surface area contributed by atoms with E-state index in [0.29, 0.717) is 11.4 Å². The molecular formula is C12H10ClN3O3. The Morgan fingerprint density at radius 2 is 1.84 bits per heavy atom. The van der Waals surface area contributed by atoms with Crippen LogP contribution in [0.25, 0.3) is 0 Å². The predicted octanol–water partition coefficient (Wildman–Crippen LogP) is 3.45. The molecular weight excluding hydrogens is 270 g/mol. The molecule has 2 rings (SSSR count). The van der Waals surface area contributed by atoms with E-state index >= 15 is 0 Å². The Kier molecular flexibility index (Phi) is 3.62. The minimum Gasteiger partial charge on any atom is -0.429 e. The topological polar surface area (TPSA) is 78.2 Å². The van der Waals surface area contributed by atoms with Crippen LogP contribution in [-0.2, 0) is 0 Å². The summed E-state index contributed by atoms with van der Waals surface area (Å²) in [4.78, 5) is 18.5. The van der Waals surface area contributed by atoms with Gasteiger partial charge in [-0.25, -0.2) is 9.97 Å². The van der Waals surface area contributed by atoms with Crippen LogP contribution in [0.4, 0.5) is 5.69 Å². The van der Waals surface area contributed by atoms with Crippen LogP contribution in [0.1, 0.15) is 11.4 Å². The zero-order chi connectivity index (χ0) is 14.0. The van der Waals surface area contributed by atoms with Crippen LogP contribution in [0.5, 0.6) is 11.6 Å². The van der Waals surface area contributed by atoms with E-state index < -0.39 is 4.92 Å². The van der Waals surface area contributed by atoms with Crippen LogP contribution in [0.15, 0.2) is 24.3 Å². The van der Waals surface area contributed by atoms with Gasteiger partial charge in [-0.15, -0.1) is 0 Å². The molecule has 1 aromatic heterocycles. The Balaban J connectivity index is 2.42. The normalized spacial score (nSPS) is 10.3. The molecule has 1 aromatic carbocycles. The van der Waals surface area contributed by atoms with Gasteiger partial charge in [0.05, 0.1) is 16.3 Å². The second kappa shape index (κ2) is 5.19. The first-order valence-electron chi connectivity index (χ1n) is 5.41. The third-order valence-electron chi connectivity index (χ3n) is 2.50. The lowest BCUT2D eigenvalue weighted by atomic mass is 10.3. The zero-order valence-corrected chi connectivity index (χ0v) is 11.0. The largest absolute Gasteiger partial charge is 0.429 e. The molecule has 0 aliphatic heterocycles. The maximum atomic E-state index is 10.9. The number of nitro benzene ring substituents is 1. The summed E-state index contributed by atoms with van der Waals surface area (Å²) in [5, 5.41) is 10.9. The molecule has 6 nitrogen and oxygen atoms in total. The number of rotatable bonds is 3. The van der Waals surface area contributed by atoms with Crippen molar-refractivity contribution < 1.29 is 9.66 Å². The summed E-state index contributed by atoms with van der Waals surface area (Å²) in [5.41, 5.74) is 1.18. The molecule has 0 bridgehead atoms. The number of hydrogen-bond acceptors (Lipinski definition) is 5. The molecule has 0 amide bonds. The molecule has 0 spiro atoms. The average molecular weight is 280 g/mol. The van der Waals surface area contributed by atoms with Crippen LogP contribution < -0.4 is 4.74 Å². The van der Waals surface area contributed by atoms with Gasteiger partial charge in [0.1, 0.15) is 0 Å². The van der Waals surface area contributed by atoms with E-state index in [1.165, 1.54) is 12.1 Å². The highest BCUT2D eigenvalue weighted by molar-refractivity contribution is 6.30. The van der Waals surface area contributed by atoms with Crippen molar-refractivity contribution in [2.24, 2.45) is 0 Å². The first-order valence-corrected chi connectivity index (χ1v) is 5.79. The number of ether oxygens (including phenoxy) is 1. The van der Waals surface area contributed by atoms with Crippen molar-refractivity contribution in [2.45, 2.75) is 13.8 Å². The summed E-state index contributed by atoms with van der Waals surface area (Å²) >= 11 is 5.91. The van der Waals surface area contributed by atoms with E-state index in [4.69, 9.17) is 16.3 Å². The molecule has 2 aromatic rings. The molecule has 0 fully saturated rings. The lowest BCUT2D eigenvalue weighted by Gasteiger charge is -2.08. The summed E-state index contributed by atoms with van der Waals surface area (Å²) in [7, 11) is 0. The quantitative estimate of drug-likeness (QED) is 0.635. The standard InChI is InChI=1S/C12H10ClN3O3/c1-7-8(2)15-12(11(13)14-7)19-10-6-4-3-5-9(10)16(17)18/h3-6H,1-2H3. The Bertz CT molecular complexity index is 646. The number of aromatic nitrogens is 2. The first kappa shape index (κ1) is 13.2. The minimum atomic E-state index is -0.530. The van der Waals surface area contributed by atoms with Crippen LogP contribution in [0.3, 0.4) is 0 Å². The van der Waals surface area contributed by atoms with Crippen molar-refractivity contribution in [2.75, 3.05) is 0 Å². The third kappa shape index (κ3) is 2.79. The maximum absolute atomic E-state index is 10.9. The van der Waals surface area contributed by atoms with Crippen molar-refractivity contribution in [1.29, 1.82) is 0 Å². The predicted molar refractivity (Wildman–Crippen MR) is 69.7 cm³/mol. The van der Waals surface area contributed by atoms with Gasteiger partial charge in [0.15, 0.2) is 5.15 Å². The van der Waals surface area contributed by atoms with Crippen LogP contribution in [0.2, 0.25) is 5.15 Å². The molecule has 0 radical (unpaired) electrons. The Morgan fingerprint density at radius 3 is 2.53 bits per heavy atom.